The van der Waals surface area contributed by atoms with Gasteiger partial charge in [0, 0.05) is 6.66 Å². The normalized spacial score (nSPS) is 15.3. The molecule has 0 heterocycles. The van der Waals surface area contributed by atoms with E-state index in [0.717, 1.165) is 6.66 Å². The molecule has 1 atom stereocenters. The Balaban J connectivity index is 4.12. The summed E-state index contributed by atoms with van der Waals surface area (Å²) in [5.74, 6) is 0.952. The number of carbonyl (C=O) groups excluding carboxylic acids is 1. The molecule has 0 amide bonds. The molecule has 16 heavy (non-hydrogen) atoms. The van der Waals surface area contributed by atoms with Crippen LogP contribution in [0.5, 0.6) is 0 Å². The standard InChI is InChI=1S/C10H21O5P/c1-7(2)9(8(3)4)6-14-10(11)15-16(5,12)13/h7-9H,6H2,1-5H3,(H,12,13). The van der Waals surface area contributed by atoms with Crippen LogP contribution in [0.3, 0.4) is 0 Å². The molecule has 0 saturated heterocycles. The zero-order chi connectivity index (χ0) is 12.9. The van der Waals surface area contributed by atoms with Crippen molar-refractivity contribution in [2.24, 2.45) is 17.8 Å². The predicted octanol–water partition coefficient (Wildman–Crippen LogP) is 2.88. The summed E-state index contributed by atoms with van der Waals surface area (Å²) >= 11 is 0. The molecule has 0 fully saturated rings. The van der Waals surface area contributed by atoms with Gasteiger partial charge in [0.15, 0.2) is 0 Å². The Morgan fingerprint density at radius 2 is 1.69 bits per heavy atom. The minimum Gasteiger partial charge on any atom is -0.434 e. The topological polar surface area (TPSA) is 72.8 Å². The van der Waals surface area contributed by atoms with Crippen LogP contribution in [0, 0.1) is 17.8 Å². The molecule has 0 aromatic heterocycles. The second kappa shape index (κ2) is 6.26. The van der Waals surface area contributed by atoms with Crippen molar-refractivity contribution in [1.29, 1.82) is 0 Å². The van der Waals surface area contributed by atoms with Crippen molar-refractivity contribution < 1.29 is 23.5 Å². The van der Waals surface area contributed by atoms with Gasteiger partial charge in [0.2, 0.25) is 0 Å². The van der Waals surface area contributed by atoms with E-state index in [0.29, 0.717) is 11.8 Å². The highest BCUT2D eigenvalue weighted by molar-refractivity contribution is 7.52. The van der Waals surface area contributed by atoms with E-state index in [1.165, 1.54) is 0 Å². The molecule has 0 aromatic carbocycles. The first-order valence-corrected chi connectivity index (χ1v) is 7.32. The van der Waals surface area contributed by atoms with Crippen molar-refractivity contribution in [2.75, 3.05) is 13.3 Å². The smallest absolute Gasteiger partial charge is 0.434 e. The fourth-order valence-electron chi connectivity index (χ4n) is 1.48. The molecule has 0 aliphatic carbocycles. The lowest BCUT2D eigenvalue weighted by Gasteiger charge is -2.24. The monoisotopic (exact) mass is 252 g/mol. The lowest BCUT2D eigenvalue weighted by Crippen LogP contribution is -2.23. The zero-order valence-electron chi connectivity index (χ0n) is 10.5. The van der Waals surface area contributed by atoms with Crippen LogP contribution < -0.4 is 0 Å². The van der Waals surface area contributed by atoms with Crippen LogP contribution in [0.15, 0.2) is 0 Å². The molecule has 1 N–H and O–H groups in total. The molecule has 0 aromatic rings. The van der Waals surface area contributed by atoms with Gasteiger partial charge < -0.3 is 14.2 Å². The quantitative estimate of drug-likeness (QED) is 0.601. The largest absolute Gasteiger partial charge is 0.514 e. The van der Waals surface area contributed by atoms with E-state index in [-0.39, 0.29) is 12.5 Å². The van der Waals surface area contributed by atoms with Gasteiger partial charge in [0.05, 0.1) is 6.61 Å². The van der Waals surface area contributed by atoms with E-state index in [9.17, 15) is 9.36 Å². The second-order valence-corrected chi connectivity index (χ2v) is 6.40. The lowest BCUT2D eigenvalue weighted by atomic mass is 9.86. The molecular formula is C10H21O5P. The molecule has 0 spiro atoms. The molecule has 0 radical (unpaired) electrons. The highest BCUT2D eigenvalue weighted by Gasteiger charge is 2.22. The number of rotatable bonds is 5. The SMILES string of the molecule is CC(C)C(COC(=O)OP(C)(=O)O)C(C)C. The van der Waals surface area contributed by atoms with Crippen LogP contribution in [-0.2, 0) is 13.8 Å². The molecule has 0 saturated carbocycles. The minimum absolute atomic E-state index is 0.203. The van der Waals surface area contributed by atoms with Crippen molar-refractivity contribution in [3.05, 3.63) is 0 Å². The summed E-state index contributed by atoms with van der Waals surface area (Å²) in [6.07, 6.45) is -1.08. The van der Waals surface area contributed by atoms with E-state index in [1.807, 2.05) is 27.7 Å². The Morgan fingerprint density at radius 3 is 2.00 bits per heavy atom. The summed E-state index contributed by atoms with van der Waals surface area (Å²) in [4.78, 5) is 19.8. The van der Waals surface area contributed by atoms with Crippen LogP contribution in [0.2, 0.25) is 0 Å². The summed E-state index contributed by atoms with van der Waals surface area (Å²) in [6.45, 7) is 9.29. The fraction of sp³-hybridized carbons (Fsp3) is 0.900. The first-order chi connectivity index (χ1) is 7.13. The third-order valence-corrected chi connectivity index (χ3v) is 2.84. The van der Waals surface area contributed by atoms with E-state index in [1.54, 1.807) is 0 Å². The van der Waals surface area contributed by atoms with Crippen LogP contribution in [0.25, 0.3) is 0 Å². The first-order valence-electron chi connectivity index (χ1n) is 5.30. The van der Waals surface area contributed by atoms with Gasteiger partial charge in [-0.05, 0) is 17.8 Å². The first kappa shape index (κ1) is 15.5. The third-order valence-electron chi connectivity index (χ3n) is 2.35. The fourth-order valence-corrected chi connectivity index (χ4v) is 1.81. The summed E-state index contributed by atoms with van der Waals surface area (Å²) < 4.78 is 19.8. The molecule has 5 nitrogen and oxygen atoms in total. The second-order valence-electron chi connectivity index (χ2n) is 4.61. The van der Waals surface area contributed by atoms with E-state index in [4.69, 9.17) is 9.63 Å². The van der Waals surface area contributed by atoms with E-state index in [2.05, 4.69) is 4.52 Å². The Hall–Kier alpha value is -0.540. The van der Waals surface area contributed by atoms with Gasteiger partial charge in [-0.3, -0.25) is 0 Å². The molecular weight excluding hydrogens is 231 g/mol. The molecule has 1 unspecified atom stereocenters. The Labute approximate surface area is 96.7 Å². The van der Waals surface area contributed by atoms with Gasteiger partial charge >= 0.3 is 13.8 Å². The number of hydrogen-bond acceptors (Lipinski definition) is 4. The third kappa shape index (κ3) is 6.85. The van der Waals surface area contributed by atoms with Gasteiger partial charge in [-0.15, -0.1) is 0 Å². The minimum atomic E-state index is -3.80. The average molecular weight is 252 g/mol. The van der Waals surface area contributed by atoms with Crippen molar-refractivity contribution in [1.82, 2.24) is 0 Å². The highest BCUT2D eigenvalue weighted by atomic mass is 31.2. The number of ether oxygens (including phenoxy) is 1. The zero-order valence-corrected chi connectivity index (χ0v) is 11.4. The summed E-state index contributed by atoms with van der Waals surface area (Å²) in [5.41, 5.74) is 0. The van der Waals surface area contributed by atoms with Crippen molar-refractivity contribution >= 4 is 13.8 Å². The van der Waals surface area contributed by atoms with Crippen molar-refractivity contribution in [3.63, 3.8) is 0 Å². The van der Waals surface area contributed by atoms with Crippen LogP contribution >= 0.6 is 7.60 Å². The summed E-state index contributed by atoms with van der Waals surface area (Å²) in [6, 6.07) is 0. The van der Waals surface area contributed by atoms with Crippen LogP contribution in [0.4, 0.5) is 4.79 Å². The van der Waals surface area contributed by atoms with E-state index < -0.39 is 13.8 Å². The van der Waals surface area contributed by atoms with Crippen LogP contribution in [-0.4, -0.2) is 24.3 Å². The van der Waals surface area contributed by atoms with Crippen molar-refractivity contribution in [3.8, 4) is 0 Å². The number of hydrogen-bond donors (Lipinski definition) is 1. The van der Waals surface area contributed by atoms with Crippen molar-refractivity contribution in [2.45, 2.75) is 27.7 Å². The maximum Gasteiger partial charge on any atom is 0.514 e. The molecule has 0 bridgehead atoms. The Bertz CT molecular complexity index is 260. The van der Waals surface area contributed by atoms with Gasteiger partial charge in [0.25, 0.3) is 0 Å². The molecule has 96 valence electrons. The molecule has 6 heteroatoms. The molecule has 0 aliphatic rings. The maximum atomic E-state index is 11.0. The molecule has 0 aliphatic heterocycles. The average Bonchev–Trinajstić information content (AvgIpc) is 1.98. The van der Waals surface area contributed by atoms with Gasteiger partial charge in [0.1, 0.15) is 0 Å². The highest BCUT2D eigenvalue weighted by Crippen LogP contribution is 2.37. The number of carbonyl (C=O) groups is 1. The Morgan fingerprint density at radius 1 is 1.25 bits per heavy atom. The predicted molar refractivity (Wildman–Crippen MR) is 61.3 cm³/mol. The van der Waals surface area contributed by atoms with Crippen LogP contribution in [0.1, 0.15) is 27.7 Å². The van der Waals surface area contributed by atoms with Gasteiger partial charge in [-0.1, -0.05) is 27.7 Å². The maximum absolute atomic E-state index is 11.0. The van der Waals surface area contributed by atoms with Gasteiger partial charge in [-0.25, -0.2) is 9.36 Å². The summed E-state index contributed by atoms with van der Waals surface area (Å²) in [5, 5.41) is 0. The molecule has 0 rings (SSSR count). The van der Waals surface area contributed by atoms with E-state index >= 15 is 0 Å². The lowest BCUT2D eigenvalue weighted by molar-refractivity contribution is 0.0620. The summed E-state index contributed by atoms with van der Waals surface area (Å²) in [7, 11) is -3.80. The Kier molecular flexibility index (Phi) is 6.05. The van der Waals surface area contributed by atoms with Gasteiger partial charge in [-0.2, -0.15) is 0 Å².